The van der Waals surface area contributed by atoms with Crippen molar-refractivity contribution in [1.29, 1.82) is 0 Å². The largest absolute Gasteiger partial charge is 0.394 e. The van der Waals surface area contributed by atoms with Crippen LogP contribution in [0.25, 0.3) is 0 Å². The van der Waals surface area contributed by atoms with Crippen LogP contribution in [0.2, 0.25) is 0 Å². The second-order valence-electron chi connectivity index (χ2n) is 6.45. The number of fused-ring (bicyclic) bond motifs is 1. The van der Waals surface area contributed by atoms with E-state index in [0.29, 0.717) is 18.5 Å². The lowest BCUT2D eigenvalue weighted by molar-refractivity contribution is -0.128. The highest BCUT2D eigenvalue weighted by atomic mass is 32.2. The van der Waals surface area contributed by atoms with Gasteiger partial charge in [0.1, 0.15) is 6.04 Å². The number of nitrogens with one attached hydrogen (secondary N) is 1. The van der Waals surface area contributed by atoms with Crippen molar-refractivity contribution in [3.8, 4) is 0 Å². The number of aliphatic hydroxyl groups excluding tert-OH is 1. The van der Waals surface area contributed by atoms with Gasteiger partial charge in [-0.3, -0.25) is 9.59 Å². The van der Waals surface area contributed by atoms with Crippen molar-refractivity contribution >= 4 is 23.6 Å². The number of carbonyl (C=O) groups is 2. The molecule has 0 unspecified atom stereocenters. The van der Waals surface area contributed by atoms with E-state index >= 15 is 0 Å². The topological polar surface area (TPSA) is 69.6 Å². The predicted molar refractivity (Wildman–Crippen MR) is 97.0 cm³/mol. The molecular weight excluding hydrogens is 324 g/mol. The van der Waals surface area contributed by atoms with E-state index in [4.69, 9.17) is 0 Å². The van der Waals surface area contributed by atoms with Gasteiger partial charge < -0.3 is 15.3 Å². The molecule has 0 bridgehead atoms. The normalized spacial score (nSPS) is 16.2. The third-order valence-corrected chi connectivity index (χ3v) is 4.97. The van der Waals surface area contributed by atoms with E-state index in [1.807, 2.05) is 44.4 Å². The maximum Gasteiger partial charge on any atom is 0.255 e. The highest BCUT2D eigenvalue weighted by Crippen LogP contribution is 2.27. The van der Waals surface area contributed by atoms with Gasteiger partial charge in [0, 0.05) is 12.1 Å². The van der Waals surface area contributed by atoms with Gasteiger partial charge in [-0.15, -0.1) is 0 Å². The molecule has 0 saturated carbocycles. The summed E-state index contributed by atoms with van der Waals surface area (Å²) >= 11 is 1.68. The van der Waals surface area contributed by atoms with Crippen molar-refractivity contribution in [3.63, 3.8) is 0 Å². The maximum absolute atomic E-state index is 12.8. The van der Waals surface area contributed by atoms with Gasteiger partial charge in [-0.1, -0.05) is 32.0 Å². The van der Waals surface area contributed by atoms with Gasteiger partial charge in [-0.05, 0) is 36.0 Å². The summed E-state index contributed by atoms with van der Waals surface area (Å²) in [5.41, 5.74) is 1.64. The van der Waals surface area contributed by atoms with Gasteiger partial charge in [-0.25, -0.2) is 0 Å². The average Bonchev–Trinajstić information content (AvgIpc) is 2.88. The summed E-state index contributed by atoms with van der Waals surface area (Å²) in [6, 6.07) is 6.68. The fourth-order valence-electron chi connectivity index (χ4n) is 3.06. The number of benzene rings is 1. The van der Waals surface area contributed by atoms with E-state index in [0.717, 1.165) is 11.3 Å². The van der Waals surface area contributed by atoms with Crippen molar-refractivity contribution in [2.45, 2.75) is 38.9 Å². The van der Waals surface area contributed by atoms with Crippen LogP contribution in [0.5, 0.6) is 0 Å². The average molecular weight is 350 g/mol. The van der Waals surface area contributed by atoms with Crippen molar-refractivity contribution < 1.29 is 14.7 Å². The smallest absolute Gasteiger partial charge is 0.255 e. The van der Waals surface area contributed by atoms with Gasteiger partial charge in [0.05, 0.1) is 12.6 Å². The molecule has 2 amide bonds. The molecule has 0 aromatic heterocycles. The van der Waals surface area contributed by atoms with Gasteiger partial charge in [0.15, 0.2) is 0 Å². The number of nitrogens with zero attached hydrogens (tertiary/aromatic N) is 1. The second-order valence-corrected chi connectivity index (χ2v) is 7.43. The summed E-state index contributed by atoms with van der Waals surface area (Å²) in [4.78, 5) is 27.1. The molecule has 0 radical (unpaired) electrons. The third kappa shape index (κ3) is 4.11. The number of thioether (sulfide) groups is 1. The fourth-order valence-corrected chi connectivity index (χ4v) is 3.58. The van der Waals surface area contributed by atoms with Crippen LogP contribution in [0, 0.1) is 5.92 Å². The molecule has 0 aliphatic carbocycles. The number of amides is 2. The second kappa shape index (κ2) is 8.53. The Labute approximate surface area is 147 Å². The molecule has 1 aliphatic rings. The zero-order chi connectivity index (χ0) is 17.7. The van der Waals surface area contributed by atoms with Gasteiger partial charge >= 0.3 is 0 Å². The molecule has 1 heterocycles. The molecule has 0 fully saturated rings. The first kappa shape index (κ1) is 18.8. The highest BCUT2D eigenvalue weighted by molar-refractivity contribution is 7.98. The molecule has 5 nitrogen and oxygen atoms in total. The number of aliphatic hydroxyl groups is 1. The minimum absolute atomic E-state index is 0.0110. The molecule has 2 rings (SSSR count). The number of rotatable bonds is 8. The quantitative estimate of drug-likeness (QED) is 0.751. The summed E-state index contributed by atoms with van der Waals surface area (Å²) in [6.45, 7) is 4.25. The fraction of sp³-hybridized carbons (Fsp3) is 0.556. The van der Waals surface area contributed by atoms with Crippen LogP contribution in [0.3, 0.4) is 0 Å². The molecule has 1 aliphatic heterocycles. The Morgan fingerprint density at radius 1 is 1.38 bits per heavy atom. The first-order chi connectivity index (χ1) is 11.5. The molecule has 2 N–H and O–H groups in total. The first-order valence-corrected chi connectivity index (χ1v) is 9.68. The van der Waals surface area contributed by atoms with Crippen LogP contribution in [-0.4, -0.2) is 52.5 Å². The number of carbonyl (C=O) groups excluding carboxylic acids is 2. The minimum Gasteiger partial charge on any atom is -0.394 e. The monoisotopic (exact) mass is 350 g/mol. The van der Waals surface area contributed by atoms with Crippen molar-refractivity contribution in [3.05, 3.63) is 35.4 Å². The summed E-state index contributed by atoms with van der Waals surface area (Å²) in [6.07, 6.45) is 2.70. The Balaban J connectivity index is 2.13. The molecular formula is C18H26N2O3S. The zero-order valence-electron chi connectivity index (χ0n) is 14.5. The summed E-state index contributed by atoms with van der Waals surface area (Å²) < 4.78 is 0. The molecule has 6 heteroatoms. The Bertz CT molecular complexity index is 591. The van der Waals surface area contributed by atoms with E-state index in [1.165, 1.54) is 0 Å². The Kier molecular flexibility index (Phi) is 6.69. The standard InChI is InChI=1S/C18H26N2O3S/c1-12(2)16(17(22)19-14(11-21)8-9-24-3)20-10-13-6-4-5-7-15(13)18(20)23/h4-7,12,14,16,21H,8-11H2,1-3H3,(H,19,22)/t14-,16-/m0/s1. The summed E-state index contributed by atoms with van der Waals surface area (Å²) in [5.74, 6) is 0.574. The van der Waals surface area contributed by atoms with Crippen molar-refractivity contribution in [2.24, 2.45) is 5.92 Å². The molecule has 132 valence electrons. The van der Waals surface area contributed by atoms with Crippen LogP contribution in [0.4, 0.5) is 0 Å². The SMILES string of the molecule is CSCC[C@@H](CO)NC(=O)[C@H](C(C)C)N1Cc2ccccc2C1=O. The van der Waals surface area contributed by atoms with E-state index < -0.39 is 6.04 Å². The highest BCUT2D eigenvalue weighted by Gasteiger charge is 2.38. The van der Waals surface area contributed by atoms with E-state index in [-0.39, 0.29) is 30.4 Å². The number of hydrogen-bond donors (Lipinski definition) is 2. The van der Waals surface area contributed by atoms with Crippen LogP contribution >= 0.6 is 11.8 Å². The molecule has 0 spiro atoms. The van der Waals surface area contributed by atoms with Gasteiger partial charge in [0.2, 0.25) is 5.91 Å². The Morgan fingerprint density at radius 3 is 2.67 bits per heavy atom. The van der Waals surface area contributed by atoms with Crippen LogP contribution in [-0.2, 0) is 11.3 Å². The molecule has 1 aromatic rings. The predicted octanol–water partition coefficient (Wildman–Crippen LogP) is 1.90. The van der Waals surface area contributed by atoms with Gasteiger partial charge in [0.25, 0.3) is 5.91 Å². The first-order valence-electron chi connectivity index (χ1n) is 8.28. The van der Waals surface area contributed by atoms with E-state index in [2.05, 4.69) is 5.32 Å². The van der Waals surface area contributed by atoms with E-state index in [9.17, 15) is 14.7 Å². The maximum atomic E-state index is 12.8. The van der Waals surface area contributed by atoms with Crippen LogP contribution < -0.4 is 5.32 Å². The lowest BCUT2D eigenvalue weighted by Crippen LogP contribution is -2.53. The molecule has 2 atom stereocenters. The van der Waals surface area contributed by atoms with Crippen LogP contribution in [0.1, 0.15) is 36.2 Å². The zero-order valence-corrected chi connectivity index (χ0v) is 15.3. The van der Waals surface area contributed by atoms with Gasteiger partial charge in [-0.2, -0.15) is 11.8 Å². The lowest BCUT2D eigenvalue weighted by Gasteiger charge is -2.31. The lowest BCUT2D eigenvalue weighted by atomic mass is 10.0. The Morgan fingerprint density at radius 2 is 2.08 bits per heavy atom. The summed E-state index contributed by atoms with van der Waals surface area (Å²) in [5, 5.41) is 12.4. The van der Waals surface area contributed by atoms with E-state index in [1.54, 1.807) is 16.7 Å². The summed E-state index contributed by atoms with van der Waals surface area (Å²) in [7, 11) is 0. The minimum atomic E-state index is -0.534. The van der Waals surface area contributed by atoms with Crippen LogP contribution in [0.15, 0.2) is 24.3 Å². The van der Waals surface area contributed by atoms with Crippen molar-refractivity contribution in [1.82, 2.24) is 10.2 Å². The molecule has 1 aromatic carbocycles. The molecule has 0 saturated heterocycles. The number of hydrogen-bond acceptors (Lipinski definition) is 4. The van der Waals surface area contributed by atoms with Crippen molar-refractivity contribution in [2.75, 3.05) is 18.6 Å². The Hall–Kier alpha value is -1.53. The molecule has 24 heavy (non-hydrogen) atoms. The third-order valence-electron chi connectivity index (χ3n) is 4.32.